The minimum absolute atomic E-state index is 0.118. The van der Waals surface area contributed by atoms with E-state index in [2.05, 4.69) is 17.1 Å². The first-order chi connectivity index (χ1) is 10.2. The van der Waals surface area contributed by atoms with Crippen LogP contribution in [0.5, 0.6) is 0 Å². The van der Waals surface area contributed by atoms with Crippen LogP contribution in [0.2, 0.25) is 0 Å². The van der Waals surface area contributed by atoms with Crippen molar-refractivity contribution >= 4 is 5.91 Å². The van der Waals surface area contributed by atoms with Gasteiger partial charge < -0.3 is 4.90 Å². The Balaban J connectivity index is 1.48. The number of nitrogens with zero attached hydrogens (tertiary/aromatic N) is 1. The summed E-state index contributed by atoms with van der Waals surface area (Å²) < 4.78 is 0. The molecule has 21 heavy (non-hydrogen) atoms. The van der Waals surface area contributed by atoms with E-state index in [-0.39, 0.29) is 5.54 Å². The third-order valence-corrected chi connectivity index (χ3v) is 6.53. The molecule has 4 rings (SSSR count). The summed E-state index contributed by atoms with van der Waals surface area (Å²) in [5.41, 5.74) is -0.118. The van der Waals surface area contributed by atoms with Crippen LogP contribution in [0.25, 0.3) is 0 Å². The summed E-state index contributed by atoms with van der Waals surface area (Å²) in [6, 6.07) is 0. The van der Waals surface area contributed by atoms with Crippen LogP contribution in [-0.2, 0) is 4.79 Å². The monoisotopic (exact) mass is 290 g/mol. The van der Waals surface area contributed by atoms with Gasteiger partial charge in [-0.15, -0.1) is 0 Å². The highest BCUT2D eigenvalue weighted by Crippen LogP contribution is 2.46. The Bertz CT molecular complexity index is 411. The highest BCUT2D eigenvalue weighted by atomic mass is 16.2. The van der Waals surface area contributed by atoms with Gasteiger partial charge >= 0.3 is 0 Å². The molecule has 3 saturated carbocycles. The van der Waals surface area contributed by atoms with Crippen LogP contribution >= 0.6 is 0 Å². The van der Waals surface area contributed by atoms with Gasteiger partial charge in [-0.2, -0.15) is 0 Å². The topological polar surface area (TPSA) is 32.3 Å². The fourth-order valence-electron chi connectivity index (χ4n) is 5.15. The van der Waals surface area contributed by atoms with Crippen LogP contribution in [0.4, 0.5) is 0 Å². The molecule has 4 fully saturated rings. The fourth-order valence-corrected chi connectivity index (χ4v) is 5.15. The molecular weight excluding hydrogens is 260 g/mol. The smallest absolute Gasteiger partial charge is 0.244 e. The Hall–Kier alpha value is -0.570. The molecule has 3 atom stereocenters. The lowest BCUT2D eigenvalue weighted by Crippen LogP contribution is -2.45. The van der Waals surface area contributed by atoms with Gasteiger partial charge in [0.2, 0.25) is 5.91 Å². The van der Waals surface area contributed by atoms with Crippen molar-refractivity contribution in [3.05, 3.63) is 0 Å². The van der Waals surface area contributed by atoms with Gasteiger partial charge in [0.05, 0.1) is 11.7 Å². The van der Waals surface area contributed by atoms with Crippen LogP contribution in [0.3, 0.4) is 0 Å². The van der Waals surface area contributed by atoms with Gasteiger partial charge in [-0.25, -0.2) is 0 Å². The second-order valence-electron chi connectivity index (χ2n) is 8.31. The van der Waals surface area contributed by atoms with Gasteiger partial charge in [-0.3, -0.25) is 10.1 Å². The molecule has 1 spiro atoms. The number of amides is 1. The number of carbonyl (C=O) groups excluding carboxylic acids is 1. The number of hydrogen-bond donors (Lipinski definition) is 1. The van der Waals surface area contributed by atoms with Crippen LogP contribution in [0, 0.1) is 17.8 Å². The van der Waals surface area contributed by atoms with Crippen molar-refractivity contribution < 1.29 is 4.79 Å². The van der Waals surface area contributed by atoms with E-state index in [4.69, 9.17) is 0 Å². The Morgan fingerprint density at radius 2 is 1.90 bits per heavy atom. The first-order valence-corrected chi connectivity index (χ1v) is 9.27. The minimum Gasteiger partial charge on any atom is -0.325 e. The van der Waals surface area contributed by atoms with Crippen molar-refractivity contribution in [2.45, 2.75) is 82.8 Å². The van der Waals surface area contributed by atoms with E-state index in [1.165, 1.54) is 51.4 Å². The van der Waals surface area contributed by atoms with E-state index in [0.717, 1.165) is 37.1 Å². The van der Waals surface area contributed by atoms with Crippen molar-refractivity contribution in [1.29, 1.82) is 0 Å². The van der Waals surface area contributed by atoms with Gasteiger partial charge in [0.1, 0.15) is 0 Å². The molecule has 1 N–H and O–H groups in total. The van der Waals surface area contributed by atoms with E-state index in [9.17, 15) is 4.79 Å². The zero-order valence-electron chi connectivity index (χ0n) is 13.4. The van der Waals surface area contributed by atoms with Gasteiger partial charge in [-0.1, -0.05) is 32.6 Å². The summed E-state index contributed by atoms with van der Waals surface area (Å²) >= 11 is 0. The molecule has 0 aromatic carbocycles. The van der Waals surface area contributed by atoms with Crippen molar-refractivity contribution in [2.24, 2.45) is 17.8 Å². The molecule has 3 heteroatoms. The Morgan fingerprint density at radius 3 is 2.57 bits per heavy atom. The Morgan fingerprint density at radius 1 is 1.14 bits per heavy atom. The number of carbonyl (C=O) groups is 1. The van der Waals surface area contributed by atoms with E-state index < -0.39 is 0 Å². The first-order valence-electron chi connectivity index (χ1n) is 9.27. The number of nitrogens with one attached hydrogen (secondary N) is 1. The van der Waals surface area contributed by atoms with E-state index in [1.807, 2.05) is 0 Å². The number of rotatable bonds is 3. The summed E-state index contributed by atoms with van der Waals surface area (Å²) in [5, 5.41) is 3.76. The second kappa shape index (κ2) is 5.26. The van der Waals surface area contributed by atoms with E-state index in [0.29, 0.717) is 12.1 Å². The van der Waals surface area contributed by atoms with E-state index >= 15 is 0 Å². The minimum atomic E-state index is -0.118. The largest absolute Gasteiger partial charge is 0.325 e. The third kappa shape index (κ3) is 2.52. The first kappa shape index (κ1) is 14.0. The Kier molecular flexibility index (Phi) is 3.52. The van der Waals surface area contributed by atoms with Gasteiger partial charge in [0.15, 0.2) is 0 Å². The average molecular weight is 290 g/mol. The van der Waals surface area contributed by atoms with Crippen molar-refractivity contribution in [1.82, 2.24) is 10.2 Å². The van der Waals surface area contributed by atoms with Crippen LogP contribution in [0.1, 0.15) is 71.1 Å². The number of hydrogen-bond acceptors (Lipinski definition) is 2. The maximum atomic E-state index is 12.9. The molecule has 4 aliphatic rings. The fraction of sp³-hybridized carbons (Fsp3) is 0.944. The SMILES string of the molecule is CC1CCCC(CN2C(=O)C3(CC3)NC2C2CCCC2)C1. The van der Waals surface area contributed by atoms with Crippen LogP contribution in [-0.4, -0.2) is 29.1 Å². The molecule has 1 amide bonds. The zero-order valence-corrected chi connectivity index (χ0v) is 13.4. The molecule has 118 valence electrons. The standard InChI is InChI=1S/C18H30N2O/c1-13-5-4-6-14(11-13)12-20-16(15-7-2-3-8-15)19-18(9-10-18)17(20)21/h13-16,19H,2-12H2,1H3. The lowest BCUT2D eigenvalue weighted by atomic mass is 9.82. The molecule has 1 heterocycles. The summed E-state index contributed by atoms with van der Waals surface area (Å²) in [7, 11) is 0. The van der Waals surface area contributed by atoms with E-state index in [1.54, 1.807) is 0 Å². The summed E-state index contributed by atoms with van der Waals surface area (Å²) in [6.07, 6.45) is 13.3. The second-order valence-corrected chi connectivity index (χ2v) is 8.31. The highest BCUT2D eigenvalue weighted by molar-refractivity contribution is 5.91. The van der Waals surface area contributed by atoms with Crippen molar-refractivity contribution in [3.8, 4) is 0 Å². The molecule has 0 aromatic heterocycles. The molecule has 3 aliphatic carbocycles. The summed E-state index contributed by atoms with van der Waals surface area (Å²) in [4.78, 5) is 15.2. The maximum absolute atomic E-state index is 12.9. The normalized spacial score (nSPS) is 39.4. The van der Waals surface area contributed by atoms with Gasteiger partial charge in [-0.05, 0) is 56.3 Å². The zero-order chi connectivity index (χ0) is 14.4. The molecule has 1 saturated heterocycles. The van der Waals surface area contributed by atoms with Crippen LogP contribution < -0.4 is 5.32 Å². The molecule has 3 nitrogen and oxygen atoms in total. The molecule has 3 unspecified atom stereocenters. The third-order valence-electron chi connectivity index (χ3n) is 6.53. The Labute approximate surface area is 128 Å². The molecule has 0 radical (unpaired) electrons. The lowest BCUT2D eigenvalue weighted by Gasteiger charge is -2.35. The van der Waals surface area contributed by atoms with Gasteiger partial charge in [0, 0.05) is 6.54 Å². The quantitative estimate of drug-likeness (QED) is 0.865. The van der Waals surface area contributed by atoms with Gasteiger partial charge in [0.25, 0.3) is 0 Å². The van der Waals surface area contributed by atoms with Crippen LogP contribution in [0.15, 0.2) is 0 Å². The lowest BCUT2D eigenvalue weighted by molar-refractivity contribution is -0.132. The van der Waals surface area contributed by atoms with Crippen molar-refractivity contribution in [3.63, 3.8) is 0 Å². The predicted molar refractivity (Wildman–Crippen MR) is 83.7 cm³/mol. The maximum Gasteiger partial charge on any atom is 0.244 e. The summed E-state index contributed by atoms with van der Waals surface area (Å²) in [5.74, 6) is 2.76. The summed E-state index contributed by atoms with van der Waals surface area (Å²) in [6.45, 7) is 3.41. The predicted octanol–water partition coefficient (Wildman–Crippen LogP) is 3.29. The molecule has 1 aliphatic heterocycles. The molecule has 0 aromatic rings. The molecular formula is C18H30N2O. The highest BCUT2D eigenvalue weighted by Gasteiger charge is 2.60. The molecule has 0 bridgehead atoms. The average Bonchev–Trinajstić information content (AvgIpc) is 2.95. The van der Waals surface area contributed by atoms with Crippen molar-refractivity contribution in [2.75, 3.05) is 6.54 Å².